The van der Waals surface area contributed by atoms with E-state index in [4.69, 9.17) is 4.42 Å². The van der Waals surface area contributed by atoms with Gasteiger partial charge in [-0.3, -0.25) is 0 Å². The lowest BCUT2D eigenvalue weighted by Crippen LogP contribution is -2.30. The molecule has 0 spiro atoms. The van der Waals surface area contributed by atoms with E-state index < -0.39 is 9.84 Å². The van der Waals surface area contributed by atoms with Gasteiger partial charge in [-0.1, -0.05) is 0 Å². The highest BCUT2D eigenvalue weighted by atomic mass is 32.2. The lowest BCUT2D eigenvalue weighted by molar-refractivity contribution is 0.402. The normalized spacial score (nSPS) is 31.0. The van der Waals surface area contributed by atoms with Crippen molar-refractivity contribution in [1.82, 2.24) is 5.32 Å². The summed E-state index contributed by atoms with van der Waals surface area (Å²) in [5.74, 6) is 1.09. The molecular weight excluding hydrogens is 214 g/mol. The van der Waals surface area contributed by atoms with E-state index in [9.17, 15) is 8.42 Å². The Bertz CT molecular complexity index is 410. The van der Waals surface area contributed by atoms with Gasteiger partial charge in [0.25, 0.3) is 0 Å². The van der Waals surface area contributed by atoms with Gasteiger partial charge in [0.05, 0.1) is 23.8 Å². The Labute approximate surface area is 89.6 Å². The van der Waals surface area contributed by atoms with Crippen molar-refractivity contribution in [2.45, 2.75) is 25.4 Å². The molecule has 2 heterocycles. The van der Waals surface area contributed by atoms with Crippen LogP contribution in [0, 0.1) is 0 Å². The lowest BCUT2D eigenvalue weighted by Gasteiger charge is -2.16. The molecule has 1 aliphatic rings. The molecule has 0 saturated carbocycles. The molecule has 5 heteroatoms. The predicted octanol–water partition coefficient (Wildman–Crippen LogP) is 1.12. The van der Waals surface area contributed by atoms with E-state index in [0.29, 0.717) is 12.2 Å². The van der Waals surface area contributed by atoms with Crippen LogP contribution < -0.4 is 5.32 Å². The summed E-state index contributed by atoms with van der Waals surface area (Å²) in [6.07, 6.45) is 2.23. The minimum absolute atomic E-state index is 0.130. The smallest absolute Gasteiger partial charge is 0.152 e. The number of nitrogens with one attached hydrogen (secondary N) is 1. The van der Waals surface area contributed by atoms with Crippen LogP contribution in [-0.4, -0.2) is 26.0 Å². The summed E-state index contributed by atoms with van der Waals surface area (Å²) in [6, 6.07) is 3.59. The van der Waals surface area contributed by atoms with E-state index in [1.54, 1.807) is 12.3 Å². The zero-order valence-electron chi connectivity index (χ0n) is 8.64. The topological polar surface area (TPSA) is 59.3 Å². The summed E-state index contributed by atoms with van der Waals surface area (Å²) in [4.78, 5) is 0. The Kier molecular flexibility index (Phi) is 2.84. The van der Waals surface area contributed by atoms with E-state index in [1.165, 1.54) is 0 Å². The quantitative estimate of drug-likeness (QED) is 0.784. The zero-order chi connectivity index (χ0) is 10.9. The second-order valence-electron chi connectivity index (χ2n) is 4.04. The first-order valence-corrected chi connectivity index (χ1v) is 6.89. The predicted molar refractivity (Wildman–Crippen MR) is 57.3 cm³/mol. The van der Waals surface area contributed by atoms with E-state index >= 15 is 0 Å². The second-order valence-corrected chi connectivity index (χ2v) is 6.27. The van der Waals surface area contributed by atoms with Gasteiger partial charge < -0.3 is 9.73 Å². The van der Waals surface area contributed by atoms with Gasteiger partial charge in [0.2, 0.25) is 0 Å². The number of rotatable bonds is 1. The average molecular weight is 229 g/mol. The van der Waals surface area contributed by atoms with Crippen LogP contribution in [0.15, 0.2) is 22.8 Å². The highest BCUT2D eigenvalue weighted by Crippen LogP contribution is 2.20. The molecule has 84 valence electrons. The Morgan fingerprint density at radius 2 is 2.33 bits per heavy atom. The van der Waals surface area contributed by atoms with Crippen molar-refractivity contribution in [2.24, 2.45) is 0 Å². The molecule has 0 aromatic carbocycles. The van der Waals surface area contributed by atoms with Gasteiger partial charge in [-0.15, -0.1) is 0 Å². The van der Waals surface area contributed by atoms with Crippen molar-refractivity contribution >= 4 is 9.84 Å². The summed E-state index contributed by atoms with van der Waals surface area (Å²) in [6.45, 7) is 2.00. The highest BCUT2D eigenvalue weighted by molar-refractivity contribution is 7.91. The summed E-state index contributed by atoms with van der Waals surface area (Å²) < 4.78 is 28.5. The molecule has 1 aromatic rings. The van der Waals surface area contributed by atoms with Crippen molar-refractivity contribution in [3.05, 3.63) is 24.2 Å². The van der Waals surface area contributed by atoms with E-state index in [2.05, 4.69) is 5.32 Å². The fourth-order valence-electron chi connectivity index (χ4n) is 1.82. The molecule has 4 nitrogen and oxygen atoms in total. The Morgan fingerprint density at radius 3 is 3.00 bits per heavy atom. The molecule has 1 saturated heterocycles. The fourth-order valence-corrected chi connectivity index (χ4v) is 3.47. The number of hydrogen-bond donors (Lipinski definition) is 1. The summed E-state index contributed by atoms with van der Waals surface area (Å²) in [5, 5.41) is 3.26. The summed E-state index contributed by atoms with van der Waals surface area (Å²) >= 11 is 0. The molecule has 0 amide bonds. The van der Waals surface area contributed by atoms with Crippen molar-refractivity contribution in [3.63, 3.8) is 0 Å². The maximum Gasteiger partial charge on any atom is 0.152 e. The fraction of sp³-hybridized carbons (Fsp3) is 0.600. The summed E-state index contributed by atoms with van der Waals surface area (Å²) in [5.41, 5.74) is 0. The van der Waals surface area contributed by atoms with Crippen molar-refractivity contribution in [2.75, 3.05) is 11.5 Å². The first-order chi connectivity index (χ1) is 7.07. The van der Waals surface area contributed by atoms with Crippen LogP contribution in [0.3, 0.4) is 0 Å². The maximum absolute atomic E-state index is 11.6. The van der Waals surface area contributed by atoms with Crippen LogP contribution in [0.2, 0.25) is 0 Å². The van der Waals surface area contributed by atoms with E-state index in [1.807, 2.05) is 13.0 Å². The third-order valence-electron chi connectivity index (χ3n) is 2.65. The number of furan rings is 1. The molecule has 1 aromatic heterocycles. The minimum atomic E-state index is -2.95. The molecule has 2 rings (SSSR count). The van der Waals surface area contributed by atoms with Gasteiger partial charge in [0, 0.05) is 6.04 Å². The Hall–Kier alpha value is -0.810. The Morgan fingerprint density at radius 1 is 1.53 bits per heavy atom. The largest absolute Gasteiger partial charge is 0.468 e. The molecular formula is C10H15NO3S. The average Bonchev–Trinajstić information content (AvgIpc) is 2.62. The van der Waals surface area contributed by atoms with Crippen molar-refractivity contribution in [3.8, 4) is 0 Å². The van der Waals surface area contributed by atoms with E-state index in [0.717, 1.165) is 0 Å². The standard InChI is InChI=1S/C10H15NO3S/c1-8-4-6-15(12,13)7-9(11-8)10-3-2-5-14-10/h2-3,5,8-9,11H,4,6-7H2,1H3. The molecule has 1 aliphatic heterocycles. The molecule has 0 bridgehead atoms. The SMILES string of the molecule is CC1CCS(=O)(=O)CC(c2ccco2)N1. The first-order valence-electron chi connectivity index (χ1n) is 5.07. The third-order valence-corrected chi connectivity index (χ3v) is 4.35. The van der Waals surface area contributed by atoms with Gasteiger partial charge in [-0.05, 0) is 25.5 Å². The molecule has 1 N–H and O–H groups in total. The van der Waals surface area contributed by atoms with Crippen molar-refractivity contribution < 1.29 is 12.8 Å². The molecule has 15 heavy (non-hydrogen) atoms. The van der Waals surface area contributed by atoms with Gasteiger partial charge in [-0.2, -0.15) is 0 Å². The van der Waals surface area contributed by atoms with Crippen LogP contribution >= 0.6 is 0 Å². The summed E-state index contributed by atoms with van der Waals surface area (Å²) in [7, 11) is -2.95. The van der Waals surface area contributed by atoms with Crippen LogP contribution in [0.5, 0.6) is 0 Å². The zero-order valence-corrected chi connectivity index (χ0v) is 9.46. The first kappa shape index (κ1) is 10.7. The molecule has 0 radical (unpaired) electrons. The van der Waals surface area contributed by atoms with Crippen LogP contribution in [-0.2, 0) is 9.84 Å². The molecule has 0 aliphatic carbocycles. The number of hydrogen-bond acceptors (Lipinski definition) is 4. The van der Waals surface area contributed by atoms with Crippen LogP contribution in [0.25, 0.3) is 0 Å². The highest BCUT2D eigenvalue weighted by Gasteiger charge is 2.28. The van der Waals surface area contributed by atoms with Crippen LogP contribution in [0.4, 0.5) is 0 Å². The van der Waals surface area contributed by atoms with Gasteiger partial charge >= 0.3 is 0 Å². The van der Waals surface area contributed by atoms with Gasteiger partial charge in [0.1, 0.15) is 5.76 Å². The minimum Gasteiger partial charge on any atom is -0.468 e. The van der Waals surface area contributed by atoms with Gasteiger partial charge in [0.15, 0.2) is 9.84 Å². The Balaban J connectivity index is 2.24. The third kappa shape index (κ3) is 2.60. The maximum atomic E-state index is 11.6. The molecule has 2 atom stereocenters. The van der Waals surface area contributed by atoms with Crippen molar-refractivity contribution in [1.29, 1.82) is 0 Å². The second kappa shape index (κ2) is 3.98. The van der Waals surface area contributed by atoms with Crippen LogP contribution in [0.1, 0.15) is 25.1 Å². The molecule has 1 fully saturated rings. The van der Waals surface area contributed by atoms with E-state index in [-0.39, 0.29) is 23.6 Å². The molecule has 2 unspecified atom stereocenters. The number of sulfone groups is 1. The monoisotopic (exact) mass is 229 g/mol. The lowest BCUT2D eigenvalue weighted by atomic mass is 10.2. The van der Waals surface area contributed by atoms with Gasteiger partial charge in [-0.25, -0.2) is 8.42 Å².